The topological polar surface area (TPSA) is 97.2 Å². The molecule has 7 nitrogen and oxygen atoms in total. The van der Waals surface area contributed by atoms with Crippen molar-refractivity contribution in [3.05, 3.63) is 33.6 Å². The maximum Gasteiger partial charge on any atom is 0.288 e. The Morgan fingerprint density at radius 1 is 1.60 bits per heavy atom. The number of nitrogens with zero attached hydrogens (tertiary/aromatic N) is 2. The Morgan fingerprint density at radius 2 is 2.35 bits per heavy atom. The maximum absolute atomic E-state index is 12.3. The summed E-state index contributed by atoms with van der Waals surface area (Å²) in [5, 5.41) is 17.0. The minimum absolute atomic E-state index is 0.0856. The number of carbonyl (C=O) groups is 1. The van der Waals surface area contributed by atoms with Gasteiger partial charge in [0, 0.05) is 12.1 Å². The van der Waals surface area contributed by atoms with Crippen molar-refractivity contribution in [2.75, 3.05) is 13.1 Å². The molecule has 0 saturated carbocycles. The summed E-state index contributed by atoms with van der Waals surface area (Å²) in [6.07, 6.45) is 2.02. The first-order chi connectivity index (χ1) is 9.49. The first kappa shape index (κ1) is 14.4. The fourth-order valence-corrected chi connectivity index (χ4v) is 2.33. The van der Waals surface area contributed by atoms with Crippen LogP contribution >= 0.6 is 0 Å². The molecule has 1 aliphatic heterocycles. The third-order valence-electron chi connectivity index (χ3n) is 3.63. The molecule has 2 rings (SSSR count). The SMILES string of the molecule is Cc1ncc([N+](=O)[O-])cc1C(=O)NC1CCNCC1C. The van der Waals surface area contributed by atoms with E-state index in [1.165, 1.54) is 12.3 Å². The van der Waals surface area contributed by atoms with E-state index >= 15 is 0 Å². The molecule has 1 saturated heterocycles. The van der Waals surface area contributed by atoms with Crippen molar-refractivity contribution in [2.45, 2.75) is 26.3 Å². The molecule has 1 aromatic rings. The van der Waals surface area contributed by atoms with Crippen molar-refractivity contribution in [1.82, 2.24) is 15.6 Å². The highest BCUT2D eigenvalue weighted by atomic mass is 16.6. The fourth-order valence-electron chi connectivity index (χ4n) is 2.33. The van der Waals surface area contributed by atoms with Gasteiger partial charge in [-0.25, -0.2) is 0 Å². The molecule has 0 aromatic carbocycles. The van der Waals surface area contributed by atoms with E-state index in [-0.39, 0.29) is 23.2 Å². The molecule has 0 bridgehead atoms. The average molecular weight is 278 g/mol. The van der Waals surface area contributed by atoms with E-state index in [4.69, 9.17) is 0 Å². The van der Waals surface area contributed by atoms with Gasteiger partial charge in [0.1, 0.15) is 6.20 Å². The van der Waals surface area contributed by atoms with Gasteiger partial charge in [-0.1, -0.05) is 6.92 Å². The quantitative estimate of drug-likeness (QED) is 0.635. The van der Waals surface area contributed by atoms with Gasteiger partial charge in [0.25, 0.3) is 11.6 Å². The Morgan fingerprint density at radius 3 is 3.00 bits per heavy atom. The summed E-state index contributed by atoms with van der Waals surface area (Å²) < 4.78 is 0. The lowest BCUT2D eigenvalue weighted by Gasteiger charge is -2.30. The van der Waals surface area contributed by atoms with E-state index in [9.17, 15) is 14.9 Å². The molecule has 20 heavy (non-hydrogen) atoms. The van der Waals surface area contributed by atoms with Gasteiger partial charge in [-0.2, -0.15) is 0 Å². The van der Waals surface area contributed by atoms with Gasteiger partial charge in [-0.15, -0.1) is 0 Å². The molecule has 2 heterocycles. The third-order valence-corrected chi connectivity index (χ3v) is 3.63. The third kappa shape index (κ3) is 3.11. The van der Waals surface area contributed by atoms with Crippen molar-refractivity contribution in [1.29, 1.82) is 0 Å². The second kappa shape index (κ2) is 5.96. The van der Waals surface area contributed by atoms with Crippen LogP contribution in [0.1, 0.15) is 29.4 Å². The summed E-state index contributed by atoms with van der Waals surface area (Å²) in [4.78, 5) is 26.4. The minimum Gasteiger partial charge on any atom is -0.349 e. The molecule has 0 spiro atoms. The number of hydrogen-bond donors (Lipinski definition) is 2. The zero-order chi connectivity index (χ0) is 14.7. The molecule has 0 aliphatic carbocycles. The largest absolute Gasteiger partial charge is 0.349 e. The van der Waals surface area contributed by atoms with Crippen LogP contribution in [0, 0.1) is 23.0 Å². The van der Waals surface area contributed by atoms with Crippen LogP contribution in [-0.2, 0) is 0 Å². The number of pyridine rings is 1. The minimum atomic E-state index is -0.545. The lowest BCUT2D eigenvalue weighted by atomic mass is 9.95. The number of carbonyl (C=O) groups excluding carboxylic acids is 1. The van der Waals surface area contributed by atoms with Crippen LogP contribution in [-0.4, -0.2) is 34.9 Å². The summed E-state index contributed by atoms with van der Waals surface area (Å²) >= 11 is 0. The van der Waals surface area contributed by atoms with Crippen LogP contribution in [0.3, 0.4) is 0 Å². The Kier molecular flexibility index (Phi) is 4.29. The molecular formula is C13H18N4O3. The highest BCUT2D eigenvalue weighted by Gasteiger charge is 2.24. The zero-order valence-electron chi connectivity index (χ0n) is 11.5. The number of rotatable bonds is 3. The van der Waals surface area contributed by atoms with Gasteiger partial charge < -0.3 is 10.6 Å². The van der Waals surface area contributed by atoms with Crippen LogP contribution in [0.15, 0.2) is 12.3 Å². The van der Waals surface area contributed by atoms with Gasteiger partial charge in [-0.05, 0) is 32.4 Å². The van der Waals surface area contributed by atoms with Gasteiger partial charge >= 0.3 is 0 Å². The van der Waals surface area contributed by atoms with E-state index in [0.29, 0.717) is 11.6 Å². The van der Waals surface area contributed by atoms with Crippen molar-refractivity contribution >= 4 is 11.6 Å². The Labute approximate surface area is 116 Å². The number of amides is 1. The average Bonchev–Trinajstić information content (AvgIpc) is 2.41. The molecule has 2 N–H and O–H groups in total. The summed E-state index contributed by atoms with van der Waals surface area (Å²) in [5.41, 5.74) is 0.596. The molecule has 2 unspecified atom stereocenters. The highest BCUT2D eigenvalue weighted by molar-refractivity contribution is 5.96. The first-order valence-corrected chi connectivity index (χ1v) is 6.61. The van der Waals surface area contributed by atoms with Crippen LogP contribution in [0.4, 0.5) is 5.69 Å². The van der Waals surface area contributed by atoms with Crippen LogP contribution < -0.4 is 10.6 Å². The van der Waals surface area contributed by atoms with Crippen molar-refractivity contribution in [3.8, 4) is 0 Å². The summed E-state index contributed by atoms with van der Waals surface area (Å²) in [5.74, 6) is 0.0390. The van der Waals surface area contributed by atoms with Crippen LogP contribution in [0.2, 0.25) is 0 Å². The molecule has 1 aromatic heterocycles. The lowest BCUT2D eigenvalue weighted by molar-refractivity contribution is -0.385. The predicted molar refractivity (Wildman–Crippen MR) is 73.5 cm³/mol. The van der Waals surface area contributed by atoms with E-state index < -0.39 is 4.92 Å². The molecule has 108 valence electrons. The molecule has 1 amide bonds. The summed E-state index contributed by atoms with van der Waals surface area (Å²) in [7, 11) is 0. The highest BCUT2D eigenvalue weighted by Crippen LogP contribution is 2.16. The lowest BCUT2D eigenvalue weighted by Crippen LogP contribution is -2.48. The number of hydrogen-bond acceptors (Lipinski definition) is 5. The van der Waals surface area contributed by atoms with Crippen molar-refractivity contribution in [2.24, 2.45) is 5.92 Å². The number of aryl methyl sites for hydroxylation is 1. The second-order valence-corrected chi connectivity index (χ2v) is 5.13. The number of nitrogens with one attached hydrogen (secondary N) is 2. The number of nitro groups is 1. The standard InChI is InChI=1S/C13H18N4O3/c1-8-6-14-4-3-12(8)16-13(18)11-5-10(17(19)20)7-15-9(11)2/h5,7-8,12,14H,3-4,6H2,1-2H3,(H,16,18). The Bertz CT molecular complexity index is 532. The van der Waals surface area contributed by atoms with E-state index in [0.717, 1.165) is 19.5 Å². The monoisotopic (exact) mass is 278 g/mol. The van der Waals surface area contributed by atoms with Gasteiger partial charge in [0.05, 0.1) is 16.2 Å². The molecule has 1 fully saturated rings. The summed E-state index contributed by atoms with van der Waals surface area (Å²) in [6, 6.07) is 1.37. The molecule has 7 heteroatoms. The van der Waals surface area contributed by atoms with E-state index in [1.54, 1.807) is 6.92 Å². The first-order valence-electron chi connectivity index (χ1n) is 6.61. The van der Waals surface area contributed by atoms with E-state index in [1.807, 2.05) is 0 Å². The fraction of sp³-hybridized carbons (Fsp3) is 0.538. The Balaban J connectivity index is 2.16. The van der Waals surface area contributed by atoms with Gasteiger partial charge in [0.2, 0.25) is 0 Å². The number of aromatic nitrogens is 1. The Hall–Kier alpha value is -2.02. The van der Waals surface area contributed by atoms with Crippen molar-refractivity contribution in [3.63, 3.8) is 0 Å². The van der Waals surface area contributed by atoms with Crippen LogP contribution in [0.5, 0.6) is 0 Å². The second-order valence-electron chi connectivity index (χ2n) is 5.13. The molecule has 1 aliphatic rings. The zero-order valence-corrected chi connectivity index (χ0v) is 11.5. The smallest absolute Gasteiger partial charge is 0.288 e. The maximum atomic E-state index is 12.3. The molecular weight excluding hydrogens is 260 g/mol. The molecule has 2 atom stereocenters. The van der Waals surface area contributed by atoms with Gasteiger partial charge in [-0.3, -0.25) is 19.9 Å². The van der Waals surface area contributed by atoms with Crippen LogP contribution in [0.25, 0.3) is 0 Å². The predicted octanol–water partition coefficient (Wildman–Crippen LogP) is 1.03. The van der Waals surface area contributed by atoms with Gasteiger partial charge in [0.15, 0.2) is 0 Å². The summed E-state index contributed by atoms with van der Waals surface area (Å²) in [6.45, 7) is 5.46. The normalized spacial score (nSPS) is 22.3. The molecule has 0 radical (unpaired) electrons. The van der Waals surface area contributed by atoms with Crippen molar-refractivity contribution < 1.29 is 9.72 Å². The number of piperidine rings is 1. The van der Waals surface area contributed by atoms with E-state index in [2.05, 4.69) is 22.5 Å².